The topological polar surface area (TPSA) is 67.4 Å². The molecule has 1 aromatic heterocycles. The van der Waals surface area contributed by atoms with Crippen molar-refractivity contribution in [3.63, 3.8) is 0 Å². The molecular weight excluding hydrogens is 231 g/mol. The normalized spacial score (nSPS) is 10.6. The van der Waals surface area contributed by atoms with Gasteiger partial charge in [0.05, 0.1) is 6.54 Å². The van der Waals surface area contributed by atoms with Gasteiger partial charge in [-0.05, 0) is 17.9 Å². The van der Waals surface area contributed by atoms with Crippen LogP contribution in [0.15, 0.2) is 41.5 Å². The highest BCUT2D eigenvalue weighted by atomic mass is 16.4. The Balaban J connectivity index is 2.34. The van der Waals surface area contributed by atoms with Gasteiger partial charge in [0.15, 0.2) is 0 Å². The summed E-state index contributed by atoms with van der Waals surface area (Å²) in [7, 11) is -1.52. The van der Waals surface area contributed by atoms with E-state index in [0.29, 0.717) is 18.6 Å². The average Bonchev–Trinajstić information content (AvgIpc) is 2.71. The van der Waals surface area contributed by atoms with Crippen LogP contribution < -0.4 is 11.2 Å². The molecule has 18 heavy (non-hydrogen) atoms. The second kappa shape index (κ2) is 5.24. The number of rotatable bonds is 4. The van der Waals surface area contributed by atoms with Crippen LogP contribution >= 0.6 is 0 Å². The van der Waals surface area contributed by atoms with E-state index in [1.54, 1.807) is 39.7 Å². The van der Waals surface area contributed by atoms with Crippen molar-refractivity contribution in [2.45, 2.75) is 20.0 Å². The Morgan fingerprint density at radius 3 is 2.44 bits per heavy atom. The molecule has 0 spiro atoms. The first-order valence-electron chi connectivity index (χ1n) is 5.83. The standard InChI is InChI=1S/C12H15BN2O3/c1-2-14-7-8-15(12(14)16)9-10-5-3-4-6-11(10)13(17)18/h3-8,17-18H,2,9H2,1H3. The van der Waals surface area contributed by atoms with Gasteiger partial charge in [-0.25, -0.2) is 4.79 Å². The SMILES string of the molecule is CCn1ccn(Cc2ccccc2B(O)O)c1=O. The lowest BCUT2D eigenvalue weighted by atomic mass is 9.77. The summed E-state index contributed by atoms with van der Waals surface area (Å²) in [5.74, 6) is 0. The summed E-state index contributed by atoms with van der Waals surface area (Å²) >= 11 is 0. The van der Waals surface area contributed by atoms with Crippen LogP contribution in [0, 0.1) is 0 Å². The van der Waals surface area contributed by atoms with Crippen LogP contribution in [0.25, 0.3) is 0 Å². The van der Waals surface area contributed by atoms with E-state index in [1.807, 2.05) is 13.0 Å². The number of benzene rings is 1. The first kappa shape index (κ1) is 12.7. The molecular formula is C12H15BN2O3. The van der Waals surface area contributed by atoms with Crippen LogP contribution in [0.3, 0.4) is 0 Å². The van der Waals surface area contributed by atoms with Gasteiger partial charge in [-0.1, -0.05) is 24.3 Å². The number of hydrogen-bond donors (Lipinski definition) is 2. The van der Waals surface area contributed by atoms with E-state index in [1.165, 1.54) is 0 Å². The highest BCUT2D eigenvalue weighted by Crippen LogP contribution is 2.00. The van der Waals surface area contributed by atoms with Gasteiger partial charge >= 0.3 is 12.8 Å². The lowest BCUT2D eigenvalue weighted by Crippen LogP contribution is -2.34. The first-order valence-corrected chi connectivity index (χ1v) is 5.83. The molecule has 0 saturated carbocycles. The Labute approximate surface area is 105 Å². The van der Waals surface area contributed by atoms with Crippen molar-refractivity contribution in [3.05, 3.63) is 52.7 Å². The largest absolute Gasteiger partial charge is 0.488 e. The van der Waals surface area contributed by atoms with Crippen molar-refractivity contribution >= 4 is 12.6 Å². The lowest BCUT2D eigenvalue weighted by molar-refractivity contribution is 0.425. The van der Waals surface area contributed by atoms with Gasteiger partial charge in [-0.15, -0.1) is 0 Å². The van der Waals surface area contributed by atoms with Crippen LogP contribution in [0.4, 0.5) is 0 Å². The molecule has 0 aliphatic heterocycles. The van der Waals surface area contributed by atoms with Crippen molar-refractivity contribution in [1.29, 1.82) is 0 Å². The third-order valence-electron chi connectivity index (χ3n) is 2.93. The summed E-state index contributed by atoms with van der Waals surface area (Å²) in [5.41, 5.74) is 1.05. The highest BCUT2D eigenvalue weighted by Gasteiger charge is 2.15. The number of imidazole rings is 1. The fourth-order valence-electron chi connectivity index (χ4n) is 1.93. The second-order valence-corrected chi connectivity index (χ2v) is 4.07. The molecule has 0 amide bonds. The van der Waals surface area contributed by atoms with Gasteiger partial charge in [-0.3, -0.25) is 9.13 Å². The van der Waals surface area contributed by atoms with Crippen molar-refractivity contribution in [2.24, 2.45) is 0 Å². The van der Waals surface area contributed by atoms with Crippen molar-refractivity contribution in [2.75, 3.05) is 0 Å². The van der Waals surface area contributed by atoms with E-state index >= 15 is 0 Å². The number of nitrogens with zero attached hydrogens (tertiary/aromatic N) is 2. The van der Waals surface area contributed by atoms with E-state index in [-0.39, 0.29) is 5.69 Å². The maximum Gasteiger partial charge on any atom is 0.488 e. The average molecular weight is 246 g/mol. The first-order chi connectivity index (χ1) is 8.63. The van der Waals surface area contributed by atoms with Gasteiger partial charge in [0, 0.05) is 18.9 Å². The number of hydrogen-bond acceptors (Lipinski definition) is 3. The second-order valence-electron chi connectivity index (χ2n) is 4.07. The summed E-state index contributed by atoms with van der Waals surface area (Å²) in [6.45, 7) is 2.85. The van der Waals surface area contributed by atoms with E-state index in [9.17, 15) is 14.8 Å². The third kappa shape index (κ3) is 2.39. The molecule has 6 heteroatoms. The molecule has 0 radical (unpaired) electrons. The maximum absolute atomic E-state index is 11.9. The molecule has 5 nitrogen and oxygen atoms in total. The summed E-state index contributed by atoms with van der Waals surface area (Å²) in [6.07, 6.45) is 3.42. The van der Waals surface area contributed by atoms with E-state index in [2.05, 4.69) is 0 Å². The molecule has 1 heterocycles. The summed E-state index contributed by atoms with van der Waals surface area (Å²) in [6, 6.07) is 6.97. The maximum atomic E-state index is 11.9. The molecule has 2 aromatic rings. The van der Waals surface area contributed by atoms with Gasteiger partial charge in [0.1, 0.15) is 0 Å². The van der Waals surface area contributed by atoms with Gasteiger partial charge in [0.25, 0.3) is 0 Å². The number of aromatic nitrogens is 2. The van der Waals surface area contributed by atoms with Crippen molar-refractivity contribution < 1.29 is 10.0 Å². The molecule has 0 aliphatic rings. The van der Waals surface area contributed by atoms with Crippen LogP contribution in [0.1, 0.15) is 12.5 Å². The minimum Gasteiger partial charge on any atom is -0.423 e. The van der Waals surface area contributed by atoms with E-state index in [4.69, 9.17) is 0 Å². The highest BCUT2D eigenvalue weighted by molar-refractivity contribution is 6.59. The Morgan fingerprint density at radius 2 is 1.83 bits per heavy atom. The Morgan fingerprint density at radius 1 is 1.17 bits per heavy atom. The molecule has 0 aliphatic carbocycles. The molecule has 0 bridgehead atoms. The van der Waals surface area contributed by atoms with Crippen molar-refractivity contribution in [1.82, 2.24) is 9.13 Å². The van der Waals surface area contributed by atoms with Crippen LogP contribution in [0.2, 0.25) is 0 Å². The monoisotopic (exact) mass is 246 g/mol. The Bertz CT molecular complexity index is 589. The lowest BCUT2D eigenvalue weighted by Gasteiger charge is -2.08. The summed E-state index contributed by atoms with van der Waals surface area (Å²) in [4.78, 5) is 11.9. The van der Waals surface area contributed by atoms with Gasteiger partial charge in [0.2, 0.25) is 0 Å². The minimum absolute atomic E-state index is 0.0975. The molecule has 1 aromatic carbocycles. The molecule has 0 saturated heterocycles. The zero-order valence-electron chi connectivity index (χ0n) is 10.2. The quantitative estimate of drug-likeness (QED) is 0.708. The summed E-state index contributed by atoms with van der Waals surface area (Å²) < 4.78 is 3.14. The Kier molecular flexibility index (Phi) is 3.69. The molecule has 0 fully saturated rings. The van der Waals surface area contributed by atoms with Crippen LogP contribution in [-0.4, -0.2) is 26.3 Å². The minimum atomic E-state index is -1.52. The molecule has 94 valence electrons. The Hall–Kier alpha value is -1.79. The fraction of sp³-hybridized carbons (Fsp3) is 0.250. The predicted octanol–water partition coefficient (Wildman–Crippen LogP) is -0.602. The smallest absolute Gasteiger partial charge is 0.423 e. The number of aryl methyl sites for hydroxylation is 1. The van der Waals surface area contributed by atoms with E-state index in [0.717, 1.165) is 5.56 Å². The fourth-order valence-corrected chi connectivity index (χ4v) is 1.93. The molecule has 0 unspecified atom stereocenters. The van der Waals surface area contributed by atoms with Gasteiger partial charge < -0.3 is 10.0 Å². The zero-order chi connectivity index (χ0) is 13.1. The van der Waals surface area contributed by atoms with Crippen molar-refractivity contribution in [3.8, 4) is 0 Å². The third-order valence-corrected chi connectivity index (χ3v) is 2.93. The molecule has 2 rings (SSSR count). The molecule has 2 N–H and O–H groups in total. The molecule has 0 atom stereocenters. The predicted molar refractivity (Wildman–Crippen MR) is 69.7 cm³/mol. The summed E-state index contributed by atoms with van der Waals surface area (Å²) in [5, 5.41) is 18.5. The van der Waals surface area contributed by atoms with E-state index < -0.39 is 7.12 Å². The van der Waals surface area contributed by atoms with Crippen LogP contribution in [-0.2, 0) is 13.1 Å². The van der Waals surface area contributed by atoms with Gasteiger partial charge in [-0.2, -0.15) is 0 Å². The van der Waals surface area contributed by atoms with Crippen LogP contribution in [0.5, 0.6) is 0 Å². The zero-order valence-corrected chi connectivity index (χ0v) is 10.2.